The third kappa shape index (κ3) is 4.56. The van der Waals surface area contributed by atoms with E-state index in [0.717, 1.165) is 31.6 Å². The molecule has 0 amide bonds. The van der Waals surface area contributed by atoms with Gasteiger partial charge in [-0.2, -0.15) is 13.2 Å². The maximum atomic E-state index is 12.9. The van der Waals surface area contributed by atoms with Crippen molar-refractivity contribution < 1.29 is 18.1 Å². The van der Waals surface area contributed by atoms with Gasteiger partial charge in [-0.25, -0.2) is 9.97 Å². The number of likely N-dealkylation sites (tertiary alicyclic amines) is 1. The lowest BCUT2D eigenvalue weighted by Crippen LogP contribution is -2.46. The molecule has 10 heteroatoms. The van der Waals surface area contributed by atoms with E-state index in [-0.39, 0.29) is 17.7 Å². The van der Waals surface area contributed by atoms with Crippen molar-refractivity contribution in [3.63, 3.8) is 0 Å². The highest BCUT2D eigenvalue weighted by Crippen LogP contribution is 2.29. The number of nitrogens with zero attached hydrogens (tertiary/aromatic N) is 5. The number of alkyl halides is 3. The van der Waals surface area contributed by atoms with Crippen molar-refractivity contribution in [3.05, 3.63) is 57.9 Å². The minimum absolute atomic E-state index is 0.0207. The summed E-state index contributed by atoms with van der Waals surface area (Å²) in [7, 11) is 1.68. The number of anilines is 1. The monoisotopic (exact) mass is 395 g/mol. The van der Waals surface area contributed by atoms with Crippen molar-refractivity contribution in [1.29, 1.82) is 0 Å². The van der Waals surface area contributed by atoms with Crippen molar-refractivity contribution in [2.45, 2.75) is 31.6 Å². The molecule has 7 nitrogen and oxygen atoms in total. The molecule has 1 aromatic heterocycles. The lowest BCUT2D eigenvalue weighted by atomic mass is 10.0. The Balaban J connectivity index is 1.72. The van der Waals surface area contributed by atoms with Crippen LogP contribution in [0.2, 0.25) is 0 Å². The first-order valence-electron chi connectivity index (χ1n) is 8.83. The normalized spacial score (nSPS) is 18.1. The number of likely N-dealkylation sites (N-methyl/N-ethyl adjacent to an activating group) is 1. The largest absolute Gasteiger partial charge is 0.433 e. The van der Waals surface area contributed by atoms with E-state index in [1.54, 1.807) is 30.1 Å². The molecule has 3 rings (SSSR count). The Morgan fingerprint density at radius 2 is 2.07 bits per heavy atom. The zero-order valence-electron chi connectivity index (χ0n) is 15.3. The molecule has 28 heavy (non-hydrogen) atoms. The first kappa shape index (κ1) is 20.0. The fraction of sp³-hybridized carbons (Fsp3) is 0.444. The average molecular weight is 395 g/mol. The summed E-state index contributed by atoms with van der Waals surface area (Å²) in [6.45, 7) is 1.73. The van der Waals surface area contributed by atoms with Gasteiger partial charge in [0.25, 0.3) is 5.69 Å². The summed E-state index contributed by atoms with van der Waals surface area (Å²) in [5.74, 6) is 0.0207. The standard InChI is InChI=1S/C18H20F3N5O2/c1-24(17-22-9-8-16(23-17)18(19,20)21)14-6-4-10-25(12-14)11-13-5-2-3-7-15(13)26(27)28/h2-3,5,7-9,14H,4,6,10-12H2,1H3. The quantitative estimate of drug-likeness (QED) is 0.570. The smallest absolute Gasteiger partial charge is 0.340 e. The number of nitro groups is 1. The van der Waals surface area contributed by atoms with Gasteiger partial charge in [0.05, 0.1) is 4.92 Å². The molecule has 0 spiro atoms. The highest BCUT2D eigenvalue weighted by molar-refractivity contribution is 5.39. The van der Waals surface area contributed by atoms with Crippen LogP contribution in [0.3, 0.4) is 0 Å². The lowest BCUT2D eigenvalue weighted by molar-refractivity contribution is -0.385. The highest BCUT2D eigenvalue weighted by atomic mass is 19.4. The van der Waals surface area contributed by atoms with Gasteiger partial charge >= 0.3 is 6.18 Å². The van der Waals surface area contributed by atoms with Crippen LogP contribution >= 0.6 is 0 Å². The van der Waals surface area contributed by atoms with Gasteiger partial charge < -0.3 is 4.90 Å². The van der Waals surface area contributed by atoms with Gasteiger partial charge in [0.15, 0.2) is 0 Å². The topological polar surface area (TPSA) is 75.4 Å². The van der Waals surface area contributed by atoms with Gasteiger partial charge in [0, 0.05) is 44.0 Å². The van der Waals surface area contributed by atoms with E-state index in [9.17, 15) is 23.3 Å². The van der Waals surface area contributed by atoms with Crippen LogP contribution in [-0.2, 0) is 12.7 Å². The summed E-state index contributed by atoms with van der Waals surface area (Å²) in [6.07, 6.45) is -1.81. The summed E-state index contributed by atoms with van der Waals surface area (Å²) in [5, 5.41) is 11.2. The van der Waals surface area contributed by atoms with E-state index in [1.807, 2.05) is 0 Å². The number of hydrogen-bond acceptors (Lipinski definition) is 6. The van der Waals surface area contributed by atoms with Crippen LogP contribution in [0.5, 0.6) is 0 Å². The summed E-state index contributed by atoms with van der Waals surface area (Å²) in [6, 6.07) is 7.34. The second-order valence-electron chi connectivity index (χ2n) is 6.77. The van der Waals surface area contributed by atoms with Crippen LogP contribution in [0.25, 0.3) is 0 Å². The molecule has 0 bridgehead atoms. The molecule has 150 valence electrons. The number of hydrogen-bond donors (Lipinski definition) is 0. The molecule has 2 aromatic rings. The molecule has 0 aliphatic carbocycles. The van der Waals surface area contributed by atoms with Crippen LogP contribution < -0.4 is 4.90 Å². The van der Waals surface area contributed by atoms with Crippen LogP contribution in [0.1, 0.15) is 24.1 Å². The Kier molecular flexibility index (Phi) is 5.78. The molecular weight excluding hydrogens is 375 g/mol. The summed E-state index contributed by atoms with van der Waals surface area (Å²) in [4.78, 5) is 22.2. The van der Waals surface area contributed by atoms with Crippen LogP contribution in [-0.4, -0.2) is 46.0 Å². The fourth-order valence-electron chi connectivity index (χ4n) is 3.39. The lowest BCUT2D eigenvalue weighted by Gasteiger charge is -2.37. The van der Waals surface area contributed by atoms with E-state index in [4.69, 9.17) is 0 Å². The van der Waals surface area contributed by atoms with E-state index in [2.05, 4.69) is 14.9 Å². The van der Waals surface area contributed by atoms with E-state index in [1.165, 1.54) is 6.07 Å². The molecule has 1 fully saturated rings. The number of para-hydroxylation sites is 1. The second kappa shape index (κ2) is 8.09. The van der Waals surface area contributed by atoms with Gasteiger partial charge in [-0.05, 0) is 25.5 Å². The van der Waals surface area contributed by atoms with E-state index in [0.29, 0.717) is 18.7 Å². The summed E-state index contributed by atoms with van der Waals surface area (Å²) >= 11 is 0. The Labute approximate surface area is 160 Å². The maximum Gasteiger partial charge on any atom is 0.433 e. The van der Waals surface area contributed by atoms with Crippen molar-refractivity contribution in [2.75, 3.05) is 25.0 Å². The molecule has 1 aromatic carbocycles. The molecule has 0 N–H and O–H groups in total. The molecule has 0 radical (unpaired) electrons. The van der Waals surface area contributed by atoms with Crippen LogP contribution in [0.4, 0.5) is 24.8 Å². The second-order valence-corrected chi connectivity index (χ2v) is 6.77. The SMILES string of the molecule is CN(c1nccc(C(F)(F)F)n1)C1CCCN(Cc2ccccc2[N+](=O)[O-])C1. The van der Waals surface area contributed by atoms with Gasteiger partial charge in [0.1, 0.15) is 5.69 Å². The first-order chi connectivity index (χ1) is 13.3. The zero-order valence-corrected chi connectivity index (χ0v) is 15.3. The number of rotatable bonds is 5. The molecule has 1 aliphatic heterocycles. The molecule has 0 saturated carbocycles. The predicted molar refractivity (Wildman–Crippen MR) is 96.8 cm³/mol. The number of nitro benzene ring substituents is 1. The highest BCUT2D eigenvalue weighted by Gasteiger charge is 2.34. The summed E-state index contributed by atoms with van der Waals surface area (Å²) < 4.78 is 38.7. The number of halogens is 3. The van der Waals surface area contributed by atoms with Crippen molar-refractivity contribution >= 4 is 11.6 Å². The molecule has 1 saturated heterocycles. The molecule has 1 unspecified atom stereocenters. The molecular formula is C18H20F3N5O2. The molecule has 1 aliphatic rings. The third-order valence-corrected chi connectivity index (χ3v) is 4.86. The number of benzene rings is 1. The number of aromatic nitrogens is 2. The molecule has 1 atom stereocenters. The fourth-order valence-corrected chi connectivity index (χ4v) is 3.39. The van der Waals surface area contributed by atoms with E-state index >= 15 is 0 Å². The average Bonchev–Trinajstić information content (AvgIpc) is 2.67. The summed E-state index contributed by atoms with van der Waals surface area (Å²) in [5.41, 5.74) is -0.290. The number of piperidine rings is 1. The predicted octanol–water partition coefficient (Wildman–Crippen LogP) is 3.50. The zero-order chi connectivity index (χ0) is 20.3. The van der Waals surface area contributed by atoms with Crippen LogP contribution in [0.15, 0.2) is 36.5 Å². The van der Waals surface area contributed by atoms with Gasteiger partial charge in [-0.3, -0.25) is 15.0 Å². The Morgan fingerprint density at radius 3 is 2.79 bits per heavy atom. The first-order valence-corrected chi connectivity index (χ1v) is 8.83. The maximum absolute atomic E-state index is 12.9. The van der Waals surface area contributed by atoms with Gasteiger partial charge in [-0.15, -0.1) is 0 Å². The van der Waals surface area contributed by atoms with Crippen LogP contribution in [0, 0.1) is 10.1 Å². The van der Waals surface area contributed by atoms with Crippen molar-refractivity contribution in [2.24, 2.45) is 0 Å². The molecule has 2 heterocycles. The van der Waals surface area contributed by atoms with Gasteiger partial charge in [-0.1, -0.05) is 18.2 Å². The Bertz CT molecular complexity index is 846. The Hall–Kier alpha value is -2.75. The van der Waals surface area contributed by atoms with Gasteiger partial charge in [0.2, 0.25) is 5.95 Å². The van der Waals surface area contributed by atoms with Crippen molar-refractivity contribution in [3.8, 4) is 0 Å². The third-order valence-electron chi connectivity index (χ3n) is 4.86. The minimum atomic E-state index is -4.52. The minimum Gasteiger partial charge on any atom is -0.340 e. The van der Waals surface area contributed by atoms with E-state index < -0.39 is 16.8 Å². The Morgan fingerprint density at radius 1 is 1.32 bits per heavy atom. The van der Waals surface area contributed by atoms with Crippen molar-refractivity contribution in [1.82, 2.24) is 14.9 Å².